The van der Waals surface area contributed by atoms with Crippen molar-refractivity contribution in [1.29, 1.82) is 0 Å². The fourth-order valence-corrected chi connectivity index (χ4v) is 2.32. The lowest BCUT2D eigenvalue weighted by atomic mass is 10.0. The predicted octanol–water partition coefficient (Wildman–Crippen LogP) is 3.65. The van der Waals surface area contributed by atoms with Crippen LogP contribution in [0.3, 0.4) is 0 Å². The average Bonchev–Trinajstić information content (AvgIpc) is 3.03. The molecule has 1 aliphatic carbocycles. The first-order valence-electron chi connectivity index (χ1n) is 5.41. The molecule has 3 heteroatoms. The van der Waals surface area contributed by atoms with E-state index >= 15 is 0 Å². The highest BCUT2D eigenvalue weighted by molar-refractivity contribution is 9.10. The lowest BCUT2D eigenvalue weighted by Gasteiger charge is -2.18. The minimum atomic E-state index is -0.115. The molecule has 0 aromatic heterocycles. The van der Waals surface area contributed by atoms with Gasteiger partial charge in [-0.15, -0.1) is 0 Å². The second kappa shape index (κ2) is 4.62. The van der Waals surface area contributed by atoms with Crippen LogP contribution in [0.4, 0.5) is 4.39 Å². The van der Waals surface area contributed by atoms with Crippen molar-refractivity contribution in [3.8, 4) is 0 Å². The molecule has 0 heterocycles. The number of halogens is 2. The van der Waals surface area contributed by atoms with Gasteiger partial charge in [-0.25, -0.2) is 4.39 Å². The summed E-state index contributed by atoms with van der Waals surface area (Å²) in [5, 5.41) is 3.37. The van der Waals surface area contributed by atoms with Crippen LogP contribution in [0.25, 0.3) is 0 Å². The molecule has 0 spiro atoms. The van der Waals surface area contributed by atoms with Gasteiger partial charge in [-0.3, -0.25) is 0 Å². The highest BCUT2D eigenvalue weighted by Crippen LogP contribution is 2.42. The Bertz CT molecular complexity index is 349. The van der Waals surface area contributed by atoms with Crippen molar-refractivity contribution in [1.82, 2.24) is 5.32 Å². The predicted molar refractivity (Wildman–Crippen MR) is 63.2 cm³/mol. The van der Waals surface area contributed by atoms with Gasteiger partial charge in [-0.05, 0) is 47.3 Å². The Morgan fingerprint density at radius 1 is 1.53 bits per heavy atom. The lowest BCUT2D eigenvalue weighted by Crippen LogP contribution is -2.23. The van der Waals surface area contributed by atoms with Gasteiger partial charge in [0.05, 0.1) is 4.47 Å². The summed E-state index contributed by atoms with van der Waals surface area (Å²) in [6.45, 7) is 2.94. The fourth-order valence-electron chi connectivity index (χ4n) is 1.94. The van der Waals surface area contributed by atoms with E-state index in [1.165, 1.54) is 12.8 Å². The molecular formula is C12H15BrFN. The number of hydrogen-bond donors (Lipinski definition) is 1. The van der Waals surface area contributed by atoms with E-state index in [1.807, 2.05) is 12.1 Å². The molecule has 1 aromatic rings. The van der Waals surface area contributed by atoms with Gasteiger partial charge in [-0.1, -0.05) is 19.1 Å². The van der Waals surface area contributed by atoms with Gasteiger partial charge in [-0.2, -0.15) is 0 Å². The molecule has 0 saturated heterocycles. The summed E-state index contributed by atoms with van der Waals surface area (Å²) in [7, 11) is 0. The molecule has 0 aliphatic heterocycles. The summed E-state index contributed by atoms with van der Waals surface area (Å²) in [5.41, 5.74) is 0.800. The molecule has 0 bridgehead atoms. The van der Waals surface area contributed by atoms with E-state index in [9.17, 15) is 4.39 Å². The number of rotatable bonds is 4. The van der Waals surface area contributed by atoms with E-state index < -0.39 is 0 Å². The molecule has 1 unspecified atom stereocenters. The van der Waals surface area contributed by atoms with Gasteiger partial charge in [0.1, 0.15) is 5.82 Å². The van der Waals surface area contributed by atoms with Crippen LogP contribution in [0.15, 0.2) is 22.7 Å². The molecular weight excluding hydrogens is 257 g/mol. The van der Waals surface area contributed by atoms with Crippen molar-refractivity contribution >= 4 is 15.9 Å². The maximum atomic E-state index is 13.9. The third kappa shape index (κ3) is 2.40. The minimum absolute atomic E-state index is 0.115. The standard InChI is InChI=1S/C12H15BrFN/c1-2-15-12(8-6-7-8)9-4-3-5-10(13)11(9)14/h3-5,8,12,15H,2,6-7H2,1H3. The van der Waals surface area contributed by atoms with Crippen LogP contribution in [-0.2, 0) is 0 Å². The zero-order valence-corrected chi connectivity index (χ0v) is 10.3. The maximum absolute atomic E-state index is 13.9. The van der Waals surface area contributed by atoms with Gasteiger partial charge in [0.15, 0.2) is 0 Å². The van der Waals surface area contributed by atoms with E-state index in [2.05, 4.69) is 28.2 Å². The van der Waals surface area contributed by atoms with Crippen molar-refractivity contribution in [2.75, 3.05) is 6.54 Å². The molecule has 1 fully saturated rings. The normalized spacial score (nSPS) is 17.8. The Labute approximate surface area is 98.2 Å². The van der Waals surface area contributed by atoms with E-state index in [4.69, 9.17) is 0 Å². The van der Waals surface area contributed by atoms with E-state index in [0.29, 0.717) is 10.4 Å². The summed E-state index contributed by atoms with van der Waals surface area (Å²) in [6, 6.07) is 5.71. The zero-order valence-electron chi connectivity index (χ0n) is 8.76. The van der Waals surface area contributed by atoms with Crippen LogP contribution in [0.5, 0.6) is 0 Å². The molecule has 2 rings (SSSR count). The quantitative estimate of drug-likeness (QED) is 0.882. The smallest absolute Gasteiger partial charge is 0.142 e. The molecule has 1 nitrogen and oxygen atoms in total. The molecule has 1 atom stereocenters. The summed E-state index contributed by atoms with van der Waals surface area (Å²) in [5.74, 6) is 0.504. The average molecular weight is 272 g/mol. The highest BCUT2D eigenvalue weighted by Gasteiger charge is 2.33. The van der Waals surface area contributed by atoms with Gasteiger partial charge >= 0.3 is 0 Å². The number of benzene rings is 1. The first-order chi connectivity index (χ1) is 7.24. The van der Waals surface area contributed by atoms with Crippen molar-refractivity contribution < 1.29 is 4.39 Å². The number of hydrogen-bond acceptors (Lipinski definition) is 1. The monoisotopic (exact) mass is 271 g/mol. The van der Waals surface area contributed by atoms with Crippen molar-refractivity contribution in [3.63, 3.8) is 0 Å². The van der Waals surface area contributed by atoms with Gasteiger partial charge in [0, 0.05) is 11.6 Å². The molecule has 1 aliphatic rings. The largest absolute Gasteiger partial charge is 0.310 e. The van der Waals surface area contributed by atoms with E-state index in [-0.39, 0.29) is 11.9 Å². The SMILES string of the molecule is CCNC(c1cccc(Br)c1F)C1CC1. The van der Waals surface area contributed by atoms with Crippen LogP contribution in [0.2, 0.25) is 0 Å². The minimum Gasteiger partial charge on any atom is -0.310 e. The second-order valence-corrected chi connectivity index (χ2v) is 4.87. The van der Waals surface area contributed by atoms with Crippen LogP contribution >= 0.6 is 15.9 Å². The number of nitrogens with one attached hydrogen (secondary N) is 1. The van der Waals surface area contributed by atoms with Crippen LogP contribution in [-0.4, -0.2) is 6.54 Å². The first kappa shape index (κ1) is 11.1. The Morgan fingerprint density at radius 2 is 2.27 bits per heavy atom. The first-order valence-corrected chi connectivity index (χ1v) is 6.20. The molecule has 1 saturated carbocycles. The Morgan fingerprint density at radius 3 is 2.87 bits per heavy atom. The van der Waals surface area contributed by atoms with Gasteiger partial charge in [0.2, 0.25) is 0 Å². The zero-order chi connectivity index (χ0) is 10.8. The summed E-state index contributed by atoms with van der Waals surface area (Å²) in [4.78, 5) is 0. The summed E-state index contributed by atoms with van der Waals surface area (Å²) >= 11 is 3.23. The Hall–Kier alpha value is -0.410. The Balaban J connectivity index is 2.28. The van der Waals surface area contributed by atoms with Crippen molar-refractivity contribution in [2.45, 2.75) is 25.8 Å². The topological polar surface area (TPSA) is 12.0 Å². The summed E-state index contributed by atoms with van der Waals surface area (Å²) < 4.78 is 14.4. The highest BCUT2D eigenvalue weighted by atomic mass is 79.9. The Kier molecular flexibility index (Phi) is 3.42. The third-order valence-corrected chi connectivity index (χ3v) is 3.45. The molecule has 0 radical (unpaired) electrons. The molecule has 1 aromatic carbocycles. The second-order valence-electron chi connectivity index (χ2n) is 4.02. The third-order valence-electron chi connectivity index (χ3n) is 2.83. The molecule has 15 heavy (non-hydrogen) atoms. The van der Waals surface area contributed by atoms with Crippen molar-refractivity contribution in [2.24, 2.45) is 5.92 Å². The lowest BCUT2D eigenvalue weighted by molar-refractivity contribution is 0.467. The molecule has 82 valence electrons. The van der Waals surface area contributed by atoms with Gasteiger partial charge in [0.25, 0.3) is 0 Å². The van der Waals surface area contributed by atoms with E-state index in [1.54, 1.807) is 6.07 Å². The van der Waals surface area contributed by atoms with E-state index in [0.717, 1.165) is 12.1 Å². The summed E-state index contributed by atoms with van der Waals surface area (Å²) in [6.07, 6.45) is 2.42. The van der Waals surface area contributed by atoms with Crippen LogP contribution < -0.4 is 5.32 Å². The van der Waals surface area contributed by atoms with Gasteiger partial charge < -0.3 is 5.32 Å². The van der Waals surface area contributed by atoms with Crippen LogP contribution in [0, 0.1) is 11.7 Å². The van der Waals surface area contributed by atoms with Crippen molar-refractivity contribution in [3.05, 3.63) is 34.1 Å². The molecule has 0 amide bonds. The van der Waals surface area contributed by atoms with Crippen LogP contribution in [0.1, 0.15) is 31.4 Å². The fraction of sp³-hybridized carbons (Fsp3) is 0.500. The molecule has 1 N–H and O–H groups in total. The maximum Gasteiger partial charge on any atom is 0.142 e.